The minimum absolute atomic E-state index is 0.0641. The molecule has 0 fully saturated rings. The van der Waals surface area contributed by atoms with Crippen molar-refractivity contribution in [2.75, 3.05) is 17.1 Å². The number of amides is 2. The Morgan fingerprint density at radius 3 is 2.02 bits per heavy atom. The number of sulfonamides is 1. The van der Waals surface area contributed by atoms with Gasteiger partial charge in [-0.1, -0.05) is 71.8 Å². The fraction of sp³-hybridized carbons (Fsp3) is 0.278. The number of aryl methyl sites for hydroxylation is 1. The molecule has 4 aromatic carbocycles. The summed E-state index contributed by atoms with van der Waals surface area (Å²) in [5, 5.41) is 3.58. The average molecular weight is 678 g/mol. The number of anilines is 1. The second-order valence-corrected chi connectivity index (χ2v) is 15.3. The van der Waals surface area contributed by atoms with E-state index in [1.807, 2.05) is 64.3 Å². The summed E-state index contributed by atoms with van der Waals surface area (Å²) in [6, 6.07) is 29.1. The van der Waals surface area contributed by atoms with E-state index in [-0.39, 0.29) is 23.8 Å². The highest BCUT2D eigenvalue weighted by Crippen LogP contribution is 2.27. The van der Waals surface area contributed by atoms with Gasteiger partial charge in [0.2, 0.25) is 11.8 Å². The maximum absolute atomic E-state index is 14.6. The zero-order valence-electron chi connectivity index (χ0n) is 26.7. The summed E-state index contributed by atoms with van der Waals surface area (Å²) in [6.07, 6.45) is 2.15. The largest absolute Gasteiger partial charge is 0.350 e. The number of carbonyl (C=O) groups excluding carboxylic acids is 2. The number of halogens is 1. The van der Waals surface area contributed by atoms with Gasteiger partial charge in [0, 0.05) is 28.4 Å². The maximum atomic E-state index is 14.6. The minimum atomic E-state index is -4.17. The maximum Gasteiger partial charge on any atom is 0.264 e. The van der Waals surface area contributed by atoms with Gasteiger partial charge in [-0.05, 0) is 93.6 Å². The predicted molar refractivity (Wildman–Crippen MR) is 188 cm³/mol. The Kier molecular flexibility index (Phi) is 11.6. The minimum Gasteiger partial charge on any atom is -0.350 e. The van der Waals surface area contributed by atoms with Crippen molar-refractivity contribution in [3.63, 3.8) is 0 Å². The number of hydrogen-bond donors (Lipinski definition) is 1. The van der Waals surface area contributed by atoms with Crippen molar-refractivity contribution < 1.29 is 18.0 Å². The Hall–Kier alpha value is -3.79. The summed E-state index contributed by atoms with van der Waals surface area (Å²) in [5.74, 6) is -0.860. The molecule has 242 valence electrons. The van der Waals surface area contributed by atoms with Gasteiger partial charge in [0.1, 0.15) is 12.6 Å². The van der Waals surface area contributed by atoms with E-state index in [0.717, 1.165) is 25.9 Å². The number of thioether (sulfide) groups is 1. The van der Waals surface area contributed by atoms with E-state index in [4.69, 9.17) is 11.6 Å². The number of carbonyl (C=O) groups is 2. The lowest BCUT2D eigenvalue weighted by Crippen LogP contribution is -2.56. The first kappa shape index (κ1) is 35.1. The van der Waals surface area contributed by atoms with Crippen LogP contribution in [0.25, 0.3) is 0 Å². The van der Waals surface area contributed by atoms with Gasteiger partial charge in [-0.15, -0.1) is 11.8 Å². The SMILES string of the molecule is CSc1ccc(S(=O)(=O)N(CC(=O)N(Cc2ccc(Cl)cc2)[C@H](Cc2ccccc2)C(=O)NC(C)(C)C)c2ccc(C)cc2)cc1. The molecule has 0 radical (unpaired) electrons. The molecule has 0 unspecified atom stereocenters. The fourth-order valence-corrected chi connectivity index (χ4v) is 6.86. The van der Waals surface area contributed by atoms with Crippen molar-refractivity contribution in [1.82, 2.24) is 10.2 Å². The summed E-state index contributed by atoms with van der Waals surface area (Å²) in [7, 11) is -4.17. The molecule has 0 aliphatic rings. The van der Waals surface area contributed by atoms with Crippen LogP contribution in [0.3, 0.4) is 0 Å². The summed E-state index contributed by atoms with van der Waals surface area (Å²) in [5.41, 5.74) is 2.33. The summed E-state index contributed by atoms with van der Waals surface area (Å²) in [6.45, 7) is 7.09. The van der Waals surface area contributed by atoms with E-state index in [9.17, 15) is 18.0 Å². The van der Waals surface area contributed by atoms with Crippen LogP contribution in [0.4, 0.5) is 5.69 Å². The normalized spacial score (nSPS) is 12.3. The topological polar surface area (TPSA) is 86.8 Å². The molecule has 46 heavy (non-hydrogen) atoms. The molecular weight excluding hydrogens is 638 g/mol. The molecule has 2 amide bonds. The summed E-state index contributed by atoms with van der Waals surface area (Å²) >= 11 is 7.67. The molecule has 0 aliphatic heterocycles. The highest BCUT2D eigenvalue weighted by atomic mass is 35.5. The Morgan fingerprint density at radius 2 is 1.46 bits per heavy atom. The second-order valence-electron chi connectivity index (χ2n) is 12.1. The van der Waals surface area contributed by atoms with E-state index in [2.05, 4.69) is 5.32 Å². The molecule has 0 aromatic heterocycles. The van der Waals surface area contributed by atoms with E-state index in [0.29, 0.717) is 10.7 Å². The van der Waals surface area contributed by atoms with Crippen molar-refractivity contribution >= 4 is 50.9 Å². The van der Waals surface area contributed by atoms with E-state index < -0.39 is 34.1 Å². The molecule has 4 rings (SSSR count). The lowest BCUT2D eigenvalue weighted by atomic mass is 10.0. The van der Waals surface area contributed by atoms with Crippen LogP contribution in [0.1, 0.15) is 37.5 Å². The van der Waals surface area contributed by atoms with Gasteiger partial charge in [0.05, 0.1) is 10.6 Å². The van der Waals surface area contributed by atoms with E-state index >= 15 is 0 Å². The lowest BCUT2D eigenvalue weighted by Gasteiger charge is -2.35. The van der Waals surface area contributed by atoms with Gasteiger partial charge in [0.25, 0.3) is 10.0 Å². The van der Waals surface area contributed by atoms with Gasteiger partial charge < -0.3 is 10.2 Å². The molecule has 1 N–H and O–H groups in total. The predicted octanol–water partition coefficient (Wildman–Crippen LogP) is 7.12. The van der Waals surface area contributed by atoms with Crippen LogP contribution in [0, 0.1) is 6.92 Å². The zero-order valence-corrected chi connectivity index (χ0v) is 29.1. The van der Waals surface area contributed by atoms with Gasteiger partial charge in [0.15, 0.2) is 0 Å². The monoisotopic (exact) mass is 677 g/mol. The molecule has 0 heterocycles. The molecule has 0 spiro atoms. The second kappa shape index (κ2) is 15.2. The molecule has 0 bridgehead atoms. The van der Waals surface area contributed by atoms with Crippen molar-refractivity contribution in [2.45, 2.75) is 62.0 Å². The molecule has 0 saturated heterocycles. The Bertz CT molecular complexity index is 1720. The number of nitrogens with one attached hydrogen (secondary N) is 1. The van der Waals surface area contributed by atoms with Gasteiger partial charge in [-0.3, -0.25) is 13.9 Å². The third kappa shape index (κ3) is 9.37. The average Bonchev–Trinajstić information content (AvgIpc) is 3.02. The third-order valence-corrected chi connectivity index (χ3v) is 10.1. The van der Waals surface area contributed by atoms with Crippen molar-refractivity contribution in [3.8, 4) is 0 Å². The molecular formula is C36H40ClN3O4S2. The Morgan fingerprint density at radius 1 is 0.848 bits per heavy atom. The molecule has 7 nitrogen and oxygen atoms in total. The van der Waals surface area contributed by atoms with Crippen LogP contribution >= 0.6 is 23.4 Å². The first-order valence-electron chi connectivity index (χ1n) is 14.9. The number of hydrogen-bond acceptors (Lipinski definition) is 5. The van der Waals surface area contributed by atoms with Gasteiger partial charge in [-0.2, -0.15) is 0 Å². The summed E-state index contributed by atoms with van der Waals surface area (Å²) in [4.78, 5) is 31.0. The smallest absolute Gasteiger partial charge is 0.264 e. The number of nitrogens with zero attached hydrogens (tertiary/aromatic N) is 2. The summed E-state index contributed by atoms with van der Waals surface area (Å²) < 4.78 is 29.5. The van der Waals surface area contributed by atoms with Gasteiger partial charge in [-0.25, -0.2) is 8.42 Å². The zero-order chi connectivity index (χ0) is 33.5. The first-order valence-corrected chi connectivity index (χ1v) is 17.9. The van der Waals surface area contributed by atoms with Crippen molar-refractivity contribution in [1.29, 1.82) is 0 Å². The van der Waals surface area contributed by atoms with E-state index in [1.165, 1.54) is 16.7 Å². The Labute approximate surface area is 282 Å². The van der Waals surface area contributed by atoms with Crippen LogP contribution in [0.5, 0.6) is 0 Å². The molecule has 0 saturated carbocycles. The van der Waals surface area contributed by atoms with Crippen LogP contribution in [-0.2, 0) is 32.6 Å². The number of benzene rings is 4. The first-order chi connectivity index (χ1) is 21.8. The van der Waals surface area contributed by atoms with Crippen molar-refractivity contribution in [3.05, 3.63) is 125 Å². The highest BCUT2D eigenvalue weighted by Gasteiger charge is 2.35. The lowest BCUT2D eigenvalue weighted by molar-refractivity contribution is -0.140. The molecule has 0 aliphatic carbocycles. The third-order valence-electron chi connectivity index (χ3n) is 7.28. The quantitative estimate of drug-likeness (QED) is 0.161. The van der Waals surface area contributed by atoms with Crippen molar-refractivity contribution in [2.24, 2.45) is 0 Å². The van der Waals surface area contributed by atoms with Crippen LogP contribution in [-0.4, -0.2) is 49.5 Å². The standard InChI is InChI=1S/C36H40ClN3O4S2/c1-26-11-17-30(18-12-26)40(46(43,44)32-21-19-31(45-5)20-22-32)25-34(41)39(24-28-13-15-29(37)16-14-28)33(35(42)38-36(2,3)4)23-27-9-7-6-8-10-27/h6-22,33H,23-25H2,1-5H3,(H,38,42)/t33-/m1/s1. The van der Waals surface area contributed by atoms with Crippen LogP contribution in [0.15, 0.2) is 113 Å². The fourth-order valence-electron chi connectivity index (χ4n) is 4.91. The van der Waals surface area contributed by atoms with Crippen LogP contribution < -0.4 is 9.62 Å². The Balaban J connectivity index is 1.81. The van der Waals surface area contributed by atoms with E-state index in [1.54, 1.807) is 72.8 Å². The number of rotatable bonds is 12. The molecule has 4 aromatic rings. The molecule has 10 heteroatoms. The van der Waals surface area contributed by atoms with Gasteiger partial charge >= 0.3 is 0 Å². The van der Waals surface area contributed by atoms with Crippen LogP contribution in [0.2, 0.25) is 5.02 Å². The highest BCUT2D eigenvalue weighted by molar-refractivity contribution is 7.98. The molecule has 1 atom stereocenters.